The molecule has 74 valence electrons. The van der Waals surface area contributed by atoms with Gasteiger partial charge in [0, 0.05) is 25.2 Å². The molecule has 1 unspecified atom stereocenters. The molecule has 0 radical (unpaired) electrons. The number of rotatable bonds is 4. The van der Waals surface area contributed by atoms with Crippen LogP contribution in [0.15, 0.2) is 0 Å². The minimum absolute atomic E-state index is 0.0628. The second kappa shape index (κ2) is 5.15. The van der Waals surface area contributed by atoms with Crippen LogP contribution in [0.4, 0.5) is 0 Å². The molecule has 0 aromatic carbocycles. The number of Topliss-reactive ketones (excluding diaryl/α,β-unsaturated/α-hetero) is 2. The third-order valence-corrected chi connectivity index (χ3v) is 2.68. The lowest BCUT2D eigenvalue weighted by molar-refractivity contribution is -0.129. The van der Waals surface area contributed by atoms with E-state index < -0.39 is 0 Å². The molecular formula is C11H18O2. The molecule has 1 rings (SSSR count). The van der Waals surface area contributed by atoms with Crippen molar-refractivity contribution < 1.29 is 9.59 Å². The average molecular weight is 182 g/mol. The first-order valence-corrected chi connectivity index (χ1v) is 5.28. The molecule has 0 bridgehead atoms. The van der Waals surface area contributed by atoms with E-state index in [4.69, 9.17) is 0 Å². The quantitative estimate of drug-likeness (QED) is 0.669. The summed E-state index contributed by atoms with van der Waals surface area (Å²) in [6, 6.07) is 0. The highest BCUT2D eigenvalue weighted by molar-refractivity contribution is 5.88. The van der Waals surface area contributed by atoms with Gasteiger partial charge in [-0.3, -0.25) is 9.59 Å². The molecular weight excluding hydrogens is 164 g/mol. The van der Waals surface area contributed by atoms with Gasteiger partial charge in [0.2, 0.25) is 0 Å². The van der Waals surface area contributed by atoms with Gasteiger partial charge in [0.15, 0.2) is 0 Å². The number of carbonyl (C=O) groups excluding carboxylic acids is 2. The Hall–Kier alpha value is -0.660. The standard InChI is InChI=1S/C11H18O2/c1-2-5-10(12)8-9-6-3-4-7-11(9)13/h9H,2-8H2,1H3. The van der Waals surface area contributed by atoms with Crippen LogP contribution in [0.1, 0.15) is 51.9 Å². The SMILES string of the molecule is CCCC(=O)CC1CCCCC1=O. The monoisotopic (exact) mass is 182 g/mol. The summed E-state index contributed by atoms with van der Waals surface area (Å²) in [5.41, 5.74) is 0. The topological polar surface area (TPSA) is 34.1 Å². The van der Waals surface area contributed by atoms with Gasteiger partial charge >= 0.3 is 0 Å². The van der Waals surface area contributed by atoms with Crippen molar-refractivity contribution in [2.45, 2.75) is 51.9 Å². The molecule has 1 saturated carbocycles. The third-order valence-electron chi connectivity index (χ3n) is 2.68. The van der Waals surface area contributed by atoms with E-state index in [1.807, 2.05) is 6.92 Å². The highest BCUT2D eigenvalue weighted by Gasteiger charge is 2.23. The molecule has 2 nitrogen and oxygen atoms in total. The maximum absolute atomic E-state index is 11.4. The first-order chi connectivity index (χ1) is 6.24. The Balaban J connectivity index is 2.33. The van der Waals surface area contributed by atoms with Crippen molar-refractivity contribution in [3.8, 4) is 0 Å². The second-order valence-electron chi connectivity index (χ2n) is 3.90. The molecule has 0 heterocycles. The Morgan fingerprint density at radius 1 is 1.46 bits per heavy atom. The number of carbonyl (C=O) groups is 2. The predicted molar refractivity (Wildman–Crippen MR) is 51.5 cm³/mol. The maximum Gasteiger partial charge on any atom is 0.136 e. The lowest BCUT2D eigenvalue weighted by Gasteiger charge is -2.19. The maximum atomic E-state index is 11.4. The third kappa shape index (κ3) is 3.29. The summed E-state index contributed by atoms with van der Waals surface area (Å²) >= 11 is 0. The van der Waals surface area contributed by atoms with E-state index in [1.165, 1.54) is 0 Å². The average Bonchev–Trinajstić information content (AvgIpc) is 2.09. The van der Waals surface area contributed by atoms with E-state index in [9.17, 15) is 9.59 Å². The van der Waals surface area contributed by atoms with E-state index >= 15 is 0 Å². The fraction of sp³-hybridized carbons (Fsp3) is 0.818. The first-order valence-electron chi connectivity index (χ1n) is 5.28. The van der Waals surface area contributed by atoms with Crippen molar-refractivity contribution in [1.82, 2.24) is 0 Å². The fourth-order valence-corrected chi connectivity index (χ4v) is 1.93. The van der Waals surface area contributed by atoms with E-state index in [0.717, 1.165) is 25.7 Å². The summed E-state index contributed by atoms with van der Waals surface area (Å²) in [5, 5.41) is 0. The lowest BCUT2D eigenvalue weighted by Crippen LogP contribution is -2.21. The van der Waals surface area contributed by atoms with Crippen LogP contribution in [-0.4, -0.2) is 11.6 Å². The first kappa shape index (κ1) is 10.4. The zero-order valence-corrected chi connectivity index (χ0v) is 8.34. The van der Waals surface area contributed by atoms with Gasteiger partial charge in [-0.25, -0.2) is 0 Å². The van der Waals surface area contributed by atoms with Crippen molar-refractivity contribution >= 4 is 11.6 Å². The van der Waals surface area contributed by atoms with Gasteiger partial charge in [-0.1, -0.05) is 13.3 Å². The van der Waals surface area contributed by atoms with Gasteiger partial charge in [0.25, 0.3) is 0 Å². The van der Waals surface area contributed by atoms with Crippen LogP contribution in [0.25, 0.3) is 0 Å². The van der Waals surface area contributed by atoms with Crippen LogP contribution in [0.2, 0.25) is 0 Å². The molecule has 1 fully saturated rings. The molecule has 1 aliphatic rings. The van der Waals surface area contributed by atoms with Crippen molar-refractivity contribution in [3.05, 3.63) is 0 Å². The zero-order chi connectivity index (χ0) is 9.68. The zero-order valence-electron chi connectivity index (χ0n) is 8.34. The molecule has 2 heteroatoms. The van der Waals surface area contributed by atoms with Gasteiger partial charge in [-0.2, -0.15) is 0 Å². The Bertz CT molecular complexity index is 196. The molecule has 0 N–H and O–H groups in total. The molecule has 13 heavy (non-hydrogen) atoms. The van der Waals surface area contributed by atoms with Crippen molar-refractivity contribution in [3.63, 3.8) is 0 Å². The second-order valence-corrected chi connectivity index (χ2v) is 3.90. The summed E-state index contributed by atoms with van der Waals surface area (Å²) in [6.07, 6.45) is 5.83. The van der Waals surface area contributed by atoms with Gasteiger partial charge in [-0.15, -0.1) is 0 Å². The molecule has 0 amide bonds. The minimum Gasteiger partial charge on any atom is -0.300 e. The van der Waals surface area contributed by atoms with Gasteiger partial charge < -0.3 is 0 Å². The van der Waals surface area contributed by atoms with Crippen molar-refractivity contribution in [1.29, 1.82) is 0 Å². The summed E-state index contributed by atoms with van der Waals surface area (Å²) in [4.78, 5) is 22.7. The number of hydrogen-bond donors (Lipinski definition) is 0. The Kier molecular flexibility index (Phi) is 4.13. The van der Waals surface area contributed by atoms with E-state index in [-0.39, 0.29) is 11.7 Å². The van der Waals surface area contributed by atoms with Crippen LogP contribution in [0.5, 0.6) is 0 Å². The molecule has 1 atom stereocenters. The molecule has 0 aromatic rings. The molecule has 0 saturated heterocycles. The number of hydrogen-bond acceptors (Lipinski definition) is 2. The Morgan fingerprint density at radius 3 is 2.85 bits per heavy atom. The van der Waals surface area contributed by atoms with Gasteiger partial charge in [-0.05, 0) is 19.3 Å². The lowest BCUT2D eigenvalue weighted by atomic mass is 9.84. The van der Waals surface area contributed by atoms with Gasteiger partial charge in [0.1, 0.15) is 11.6 Å². The van der Waals surface area contributed by atoms with E-state index in [2.05, 4.69) is 0 Å². The molecule has 0 aliphatic heterocycles. The summed E-state index contributed by atoms with van der Waals surface area (Å²) in [6.45, 7) is 2.00. The summed E-state index contributed by atoms with van der Waals surface area (Å²) in [7, 11) is 0. The van der Waals surface area contributed by atoms with Crippen molar-refractivity contribution in [2.24, 2.45) is 5.92 Å². The minimum atomic E-state index is 0.0628. The fourth-order valence-electron chi connectivity index (χ4n) is 1.93. The van der Waals surface area contributed by atoms with Gasteiger partial charge in [0.05, 0.1) is 0 Å². The molecule has 0 spiro atoms. The van der Waals surface area contributed by atoms with E-state index in [0.29, 0.717) is 25.0 Å². The Labute approximate surface area is 79.7 Å². The predicted octanol–water partition coefficient (Wildman–Crippen LogP) is 2.51. The van der Waals surface area contributed by atoms with Crippen LogP contribution in [0.3, 0.4) is 0 Å². The highest BCUT2D eigenvalue weighted by Crippen LogP contribution is 2.23. The van der Waals surface area contributed by atoms with Crippen LogP contribution in [0, 0.1) is 5.92 Å². The largest absolute Gasteiger partial charge is 0.300 e. The summed E-state index contributed by atoms with van der Waals surface area (Å²) in [5.74, 6) is 0.645. The van der Waals surface area contributed by atoms with Crippen LogP contribution in [-0.2, 0) is 9.59 Å². The number of ketones is 2. The normalized spacial score (nSPS) is 23.2. The highest BCUT2D eigenvalue weighted by atomic mass is 16.1. The molecule has 0 aromatic heterocycles. The van der Waals surface area contributed by atoms with Crippen molar-refractivity contribution in [2.75, 3.05) is 0 Å². The van der Waals surface area contributed by atoms with Crippen LogP contribution >= 0.6 is 0 Å². The smallest absolute Gasteiger partial charge is 0.136 e. The molecule has 1 aliphatic carbocycles. The van der Waals surface area contributed by atoms with Crippen LogP contribution < -0.4 is 0 Å². The Morgan fingerprint density at radius 2 is 2.23 bits per heavy atom. The summed E-state index contributed by atoms with van der Waals surface area (Å²) < 4.78 is 0. The van der Waals surface area contributed by atoms with E-state index in [1.54, 1.807) is 0 Å².